The van der Waals surface area contributed by atoms with Gasteiger partial charge in [-0.1, -0.05) is 19.8 Å². The van der Waals surface area contributed by atoms with Crippen molar-refractivity contribution in [2.45, 2.75) is 45.1 Å². The van der Waals surface area contributed by atoms with Crippen molar-refractivity contribution >= 4 is 17.2 Å². The SMILES string of the molecule is CCC1Oc2ccc(N)cc2N=C1N1CCCCCC1. The van der Waals surface area contributed by atoms with Crippen molar-refractivity contribution in [2.75, 3.05) is 18.8 Å². The molecule has 2 heterocycles. The van der Waals surface area contributed by atoms with E-state index in [2.05, 4.69) is 11.8 Å². The molecule has 0 bridgehead atoms. The highest BCUT2D eigenvalue weighted by Crippen LogP contribution is 2.35. The number of ether oxygens (including phenoxy) is 1. The summed E-state index contributed by atoms with van der Waals surface area (Å²) in [6.07, 6.45) is 6.16. The Morgan fingerprint density at radius 3 is 2.70 bits per heavy atom. The minimum absolute atomic E-state index is 0.0734. The first kappa shape index (κ1) is 13.3. The second-order valence-corrected chi connectivity index (χ2v) is 5.61. The quantitative estimate of drug-likeness (QED) is 0.798. The molecule has 0 radical (unpaired) electrons. The molecule has 2 N–H and O–H groups in total. The standard InChI is InChI=1S/C16H23N3O/c1-2-14-16(19-9-5-3-4-6-10-19)18-13-11-12(17)7-8-15(13)20-14/h7-8,11,14H,2-6,9-10,17H2,1H3. The van der Waals surface area contributed by atoms with Crippen LogP contribution in [0, 0.1) is 0 Å². The van der Waals surface area contributed by atoms with Crippen LogP contribution in [0.5, 0.6) is 5.75 Å². The van der Waals surface area contributed by atoms with Crippen molar-refractivity contribution in [1.29, 1.82) is 0 Å². The van der Waals surface area contributed by atoms with E-state index in [9.17, 15) is 0 Å². The van der Waals surface area contributed by atoms with Crippen LogP contribution in [0.3, 0.4) is 0 Å². The molecule has 1 aromatic rings. The third-order valence-corrected chi connectivity index (χ3v) is 4.08. The van der Waals surface area contributed by atoms with Crippen molar-refractivity contribution in [2.24, 2.45) is 4.99 Å². The van der Waals surface area contributed by atoms with E-state index < -0.39 is 0 Å². The van der Waals surface area contributed by atoms with Crippen molar-refractivity contribution < 1.29 is 4.74 Å². The Kier molecular flexibility index (Phi) is 3.81. The van der Waals surface area contributed by atoms with Gasteiger partial charge in [0.25, 0.3) is 0 Å². The fourth-order valence-electron chi connectivity index (χ4n) is 2.96. The van der Waals surface area contributed by atoms with Crippen molar-refractivity contribution in [3.05, 3.63) is 18.2 Å². The van der Waals surface area contributed by atoms with Crippen LogP contribution < -0.4 is 10.5 Å². The Bertz CT molecular complexity index is 504. The van der Waals surface area contributed by atoms with Crippen LogP contribution in [0.25, 0.3) is 0 Å². The fourth-order valence-corrected chi connectivity index (χ4v) is 2.96. The highest BCUT2D eigenvalue weighted by molar-refractivity contribution is 5.92. The molecule has 1 fully saturated rings. The molecule has 4 heteroatoms. The molecule has 0 aliphatic carbocycles. The molecule has 1 atom stereocenters. The molecule has 2 aliphatic rings. The van der Waals surface area contributed by atoms with Crippen molar-refractivity contribution in [3.8, 4) is 5.75 Å². The van der Waals surface area contributed by atoms with Gasteiger partial charge in [0.2, 0.25) is 0 Å². The van der Waals surface area contributed by atoms with Gasteiger partial charge < -0.3 is 15.4 Å². The smallest absolute Gasteiger partial charge is 0.156 e. The van der Waals surface area contributed by atoms with Crippen LogP contribution in [0.15, 0.2) is 23.2 Å². The van der Waals surface area contributed by atoms with Gasteiger partial charge in [-0.25, -0.2) is 4.99 Å². The first-order valence-electron chi connectivity index (χ1n) is 7.67. The number of aliphatic imine (C=N–C) groups is 1. The van der Waals surface area contributed by atoms with Crippen LogP contribution >= 0.6 is 0 Å². The third kappa shape index (κ3) is 2.60. The van der Waals surface area contributed by atoms with Gasteiger partial charge in [-0.3, -0.25) is 0 Å². The molecule has 3 rings (SSSR count). The predicted molar refractivity (Wildman–Crippen MR) is 82.7 cm³/mol. The summed E-state index contributed by atoms with van der Waals surface area (Å²) in [4.78, 5) is 7.27. The Balaban J connectivity index is 1.93. The van der Waals surface area contributed by atoms with E-state index in [4.69, 9.17) is 15.5 Å². The summed E-state index contributed by atoms with van der Waals surface area (Å²) in [7, 11) is 0. The van der Waals surface area contributed by atoms with Gasteiger partial charge in [0.1, 0.15) is 17.3 Å². The summed E-state index contributed by atoms with van der Waals surface area (Å²) in [5, 5.41) is 0. The predicted octanol–water partition coefficient (Wildman–Crippen LogP) is 3.35. The summed E-state index contributed by atoms with van der Waals surface area (Å²) < 4.78 is 6.11. The van der Waals surface area contributed by atoms with Crippen LogP contribution in [-0.2, 0) is 0 Å². The van der Waals surface area contributed by atoms with Gasteiger partial charge in [-0.05, 0) is 37.5 Å². The molecular weight excluding hydrogens is 250 g/mol. The monoisotopic (exact) mass is 273 g/mol. The van der Waals surface area contributed by atoms with Crippen molar-refractivity contribution in [1.82, 2.24) is 4.90 Å². The summed E-state index contributed by atoms with van der Waals surface area (Å²) in [6.45, 7) is 4.34. The maximum atomic E-state index is 6.11. The fraction of sp³-hybridized carbons (Fsp3) is 0.562. The van der Waals surface area contributed by atoms with Gasteiger partial charge in [0.15, 0.2) is 6.10 Å². The number of fused-ring (bicyclic) bond motifs is 1. The van der Waals surface area contributed by atoms with Gasteiger partial charge in [-0.2, -0.15) is 0 Å². The molecule has 0 spiro atoms. The molecule has 2 aliphatic heterocycles. The Morgan fingerprint density at radius 1 is 1.25 bits per heavy atom. The number of amidine groups is 1. The van der Waals surface area contributed by atoms with Crippen LogP contribution in [0.1, 0.15) is 39.0 Å². The van der Waals surface area contributed by atoms with Crippen LogP contribution in [0.2, 0.25) is 0 Å². The molecular formula is C16H23N3O. The number of hydrogen-bond donors (Lipinski definition) is 1. The highest BCUT2D eigenvalue weighted by Gasteiger charge is 2.27. The lowest BCUT2D eigenvalue weighted by molar-refractivity contribution is 0.233. The molecule has 0 saturated carbocycles. The van der Waals surface area contributed by atoms with Crippen molar-refractivity contribution in [3.63, 3.8) is 0 Å². The van der Waals surface area contributed by atoms with Gasteiger partial charge in [0.05, 0.1) is 0 Å². The van der Waals surface area contributed by atoms with Crippen LogP contribution in [-0.4, -0.2) is 29.9 Å². The lowest BCUT2D eigenvalue weighted by Gasteiger charge is -2.33. The second kappa shape index (κ2) is 5.73. The molecule has 1 unspecified atom stereocenters. The number of anilines is 1. The normalized spacial score (nSPS) is 22.6. The summed E-state index contributed by atoms with van der Waals surface area (Å²) in [5.41, 5.74) is 7.47. The summed E-state index contributed by atoms with van der Waals surface area (Å²) in [5.74, 6) is 1.94. The van der Waals surface area contributed by atoms with E-state index in [1.165, 1.54) is 25.7 Å². The second-order valence-electron chi connectivity index (χ2n) is 5.61. The van der Waals surface area contributed by atoms with E-state index in [1.54, 1.807) is 0 Å². The van der Waals surface area contributed by atoms with Crippen LogP contribution in [0.4, 0.5) is 11.4 Å². The summed E-state index contributed by atoms with van der Waals surface area (Å²) in [6, 6.07) is 5.70. The first-order valence-corrected chi connectivity index (χ1v) is 7.67. The number of benzene rings is 1. The molecule has 1 saturated heterocycles. The van der Waals surface area contributed by atoms with E-state index in [-0.39, 0.29) is 6.10 Å². The molecule has 0 amide bonds. The van der Waals surface area contributed by atoms with Gasteiger partial charge in [0, 0.05) is 18.8 Å². The Labute approximate surface area is 120 Å². The average molecular weight is 273 g/mol. The van der Waals surface area contributed by atoms with E-state index in [1.807, 2.05) is 18.2 Å². The summed E-state index contributed by atoms with van der Waals surface area (Å²) >= 11 is 0. The lowest BCUT2D eigenvalue weighted by Crippen LogP contribution is -2.43. The van der Waals surface area contributed by atoms with E-state index in [0.717, 1.165) is 42.5 Å². The maximum absolute atomic E-state index is 6.11. The number of nitrogens with two attached hydrogens (primary N) is 1. The molecule has 1 aromatic carbocycles. The zero-order chi connectivity index (χ0) is 13.9. The Morgan fingerprint density at radius 2 is 2.00 bits per heavy atom. The number of hydrogen-bond acceptors (Lipinski definition) is 4. The Hall–Kier alpha value is -1.71. The molecule has 4 nitrogen and oxygen atoms in total. The van der Waals surface area contributed by atoms with Gasteiger partial charge >= 0.3 is 0 Å². The topological polar surface area (TPSA) is 50.9 Å². The zero-order valence-corrected chi connectivity index (χ0v) is 12.1. The number of nitrogens with zero attached hydrogens (tertiary/aromatic N) is 2. The molecule has 0 aromatic heterocycles. The third-order valence-electron chi connectivity index (χ3n) is 4.08. The first-order chi connectivity index (χ1) is 9.78. The van der Waals surface area contributed by atoms with Gasteiger partial charge in [-0.15, -0.1) is 0 Å². The lowest BCUT2D eigenvalue weighted by atomic mass is 10.1. The highest BCUT2D eigenvalue weighted by atomic mass is 16.5. The van der Waals surface area contributed by atoms with E-state index in [0.29, 0.717) is 0 Å². The largest absolute Gasteiger partial charge is 0.480 e. The minimum atomic E-state index is 0.0734. The number of rotatable bonds is 1. The number of nitrogen functional groups attached to an aromatic ring is 1. The number of likely N-dealkylation sites (tertiary alicyclic amines) is 1. The minimum Gasteiger partial charge on any atom is -0.480 e. The molecule has 20 heavy (non-hydrogen) atoms. The maximum Gasteiger partial charge on any atom is 0.156 e. The zero-order valence-electron chi connectivity index (χ0n) is 12.1. The molecule has 108 valence electrons. The van der Waals surface area contributed by atoms with E-state index >= 15 is 0 Å². The average Bonchev–Trinajstić information content (AvgIpc) is 2.74.